The van der Waals surface area contributed by atoms with E-state index >= 15 is 0 Å². The number of hydrogen-bond donors (Lipinski definition) is 1. The molecule has 0 aliphatic carbocycles. The molecule has 3 heterocycles. The van der Waals surface area contributed by atoms with Gasteiger partial charge in [0.1, 0.15) is 0 Å². The summed E-state index contributed by atoms with van der Waals surface area (Å²) in [7, 11) is 3.59. The highest BCUT2D eigenvalue weighted by atomic mass is 16.5. The van der Waals surface area contributed by atoms with Crippen LogP contribution in [0, 0.1) is 0 Å². The molecule has 0 saturated carbocycles. The highest BCUT2D eigenvalue weighted by Crippen LogP contribution is 2.19. The first kappa shape index (κ1) is 14.6. The second-order valence-electron chi connectivity index (χ2n) is 5.26. The predicted octanol–water partition coefficient (Wildman–Crippen LogP) is 0.320. The van der Waals surface area contributed by atoms with E-state index in [0.717, 1.165) is 6.54 Å². The number of nitrogens with zero attached hydrogens (tertiary/aromatic N) is 5. The summed E-state index contributed by atoms with van der Waals surface area (Å²) < 4.78 is 6.84. The minimum Gasteiger partial charge on any atom is -0.380 e. The molecule has 1 amide bonds. The zero-order chi connectivity index (χ0) is 15.5. The van der Waals surface area contributed by atoms with Crippen molar-refractivity contribution in [3.05, 3.63) is 30.9 Å². The van der Waals surface area contributed by atoms with Gasteiger partial charge in [-0.25, -0.2) is 14.6 Å². The highest BCUT2D eigenvalue weighted by molar-refractivity contribution is 5.94. The Bertz CT molecular complexity index is 644. The van der Waals surface area contributed by atoms with Crippen LogP contribution in [0.15, 0.2) is 30.9 Å². The molecule has 2 aromatic rings. The molecule has 1 aliphatic heterocycles. The molecule has 2 atom stereocenters. The van der Waals surface area contributed by atoms with Gasteiger partial charge in [-0.3, -0.25) is 9.69 Å². The fraction of sp³-hybridized carbons (Fsp3) is 0.429. The molecule has 1 N–H and O–H groups in total. The molecule has 116 valence electrons. The Balaban J connectivity index is 1.67. The summed E-state index contributed by atoms with van der Waals surface area (Å²) in [6.07, 6.45) is 7.34. The first-order valence-electron chi connectivity index (χ1n) is 7.03. The maximum absolute atomic E-state index is 12.4. The van der Waals surface area contributed by atoms with Gasteiger partial charge in [0.15, 0.2) is 0 Å². The topological polar surface area (TPSA) is 85.2 Å². The van der Waals surface area contributed by atoms with Crippen molar-refractivity contribution in [2.24, 2.45) is 0 Å². The summed E-state index contributed by atoms with van der Waals surface area (Å²) in [6, 6.07) is 1.54. The normalized spacial score (nSPS) is 21.9. The third-order valence-corrected chi connectivity index (χ3v) is 3.75. The van der Waals surface area contributed by atoms with E-state index in [1.54, 1.807) is 38.0 Å². The standard InChI is InChI=1S/C14H18N6O2/c1-19-9-11(22-2)6-12(19)13(21)18-10-7-17-20(8-10)14-15-4-3-5-16-14/h3-5,7-8,11-12H,6,9H2,1-2H3,(H,18,21)/t11-,12-/m0/s1. The minimum absolute atomic E-state index is 0.0596. The molecule has 22 heavy (non-hydrogen) atoms. The molecular formula is C14H18N6O2. The van der Waals surface area contributed by atoms with E-state index in [9.17, 15) is 4.79 Å². The first-order chi connectivity index (χ1) is 10.7. The Morgan fingerprint density at radius 2 is 2.18 bits per heavy atom. The lowest BCUT2D eigenvalue weighted by atomic mass is 10.2. The summed E-state index contributed by atoms with van der Waals surface area (Å²) in [4.78, 5) is 22.6. The second kappa shape index (κ2) is 6.20. The third kappa shape index (κ3) is 2.97. The van der Waals surface area contributed by atoms with E-state index in [1.165, 1.54) is 4.68 Å². The largest absolute Gasteiger partial charge is 0.380 e. The van der Waals surface area contributed by atoms with Crippen LogP contribution in [-0.2, 0) is 9.53 Å². The van der Waals surface area contributed by atoms with Crippen molar-refractivity contribution in [3.63, 3.8) is 0 Å². The van der Waals surface area contributed by atoms with Gasteiger partial charge in [-0.2, -0.15) is 5.10 Å². The fourth-order valence-electron chi connectivity index (χ4n) is 2.56. The van der Waals surface area contributed by atoms with Gasteiger partial charge in [0, 0.05) is 26.0 Å². The zero-order valence-electron chi connectivity index (χ0n) is 12.5. The number of ether oxygens (including phenoxy) is 1. The number of hydrogen-bond acceptors (Lipinski definition) is 6. The van der Waals surface area contributed by atoms with E-state index in [-0.39, 0.29) is 18.1 Å². The highest BCUT2D eigenvalue weighted by Gasteiger charge is 2.34. The van der Waals surface area contributed by atoms with Crippen LogP contribution < -0.4 is 5.32 Å². The van der Waals surface area contributed by atoms with E-state index in [1.807, 2.05) is 11.9 Å². The maximum Gasteiger partial charge on any atom is 0.250 e. The smallest absolute Gasteiger partial charge is 0.250 e. The summed E-state index contributed by atoms with van der Waals surface area (Å²) in [5.41, 5.74) is 0.617. The van der Waals surface area contributed by atoms with Gasteiger partial charge in [-0.1, -0.05) is 0 Å². The first-order valence-corrected chi connectivity index (χ1v) is 7.03. The summed E-state index contributed by atoms with van der Waals surface area (Å²) >= 11 is 0. The number of aromatic nitrogens is 4. The van der Waals surface area contributed by atoms with Crippen LogP contribution in [0.25, 0.3) is 5.95 Å². The fourth-order valence-corrected chi connectivity index (χ4v) is 2.56. The molecule has 0 spiro atoms. The SMILES string of the molecule is CO[C@H]1C[C@@H](C(=O)Nc2cnn(-c3ncccn3)c2)N(C)C1. The Morgan fingerprint density at radius 3 is 2.86 bits per heavy atom. The molecule has 0 radical (unpaired) electrons. The molecule has 1 saturated heterocycles. The summed E-state index contributed by atoms with van der Waals surface area (Å²) in [6.45, 7) is 0.756. The molecule has 8 nitrogen and oxygen atoms in total. The molecule has 1 aliphatic rings. The van der Waals surface area contributed by atoms with Gasteiger partial charge < -0.3 is 10.1 Å². The molecule has 0 unspecified atom stereocenters. The van der Waals surface area contributed by atoms with Crippen molar-refractivity contribution < 1.29 is 9.53 Å². The molecule has 3 rings (SSSR count). The van der Waals surface area contributed by atoms with Gasteiger partial charge in [0.2, 0.25) is 11.9 Å². The Labute approximate surface area is 128 Å². The number of methoxy groups -OCH3 is 1. The van der Waals surface area contributed by atoms with Crippen LogP contribution in [0.2, 0.25) is 0 Å². The number of anilines is 1. The lowest BCUT2D eigenvalue weighted by molar-refractivity contribution is -0.120. The van der Waals surface area contributed by atoms with Crippen molar-refractivity contribution in [2.45, 2.75) is 18.6 Å². The number of likely N-dealkylation sites (N-methyl/N-ethyl adjacent to an activating group) is 1. The predicted molar refractivity (Wildman–Crippen MR) is 79.6 cm³/mol. The van der Waals surface area contributed by atoms with Crippen molar-refractivity contribution in [1.29, 1.82) is 0 Å². The third-order valence-electron chi connectivity index (χ3n) is 3.75. The number of carbonyl (C=O) groups is 1. The number of amides is 1. The van der Waals surface area contributed by atoms with Crippen molar-refractivity contribution >= 4 is 11.6 Å². The minimum atomic E-state index is -0.193. The molecule has 8 heteroatoms. The van der Waals surface area contributed by atoms with Crippen LogP contribution in [0.1, 0.15) is 6.42 Å². The van der Waals surface area contributed by atoms with E-state index in [2.05, 4.69) is 20.4 Å². The lowest BCUT2D eigenvalue weighted by Crippen LogP contribution is -2.36. The number of rotatable bonds is 4. The van der Waals surface area contributed by atoms with E-state index in [4.69, 9.17) is 4.74 Å². The molecule has 0 bridgehead atoms. The lowest BCUT2D eigenvalue weighted by Gasteiger charge is -2.17. The van der Waals surface area contributed by atoms with Gasteiger partial charge in [-0.05, 0) is 19.5 Å². The number of carbonyl (C=O) groups excluding carboxylic acids is 1. The van der Waals surface area contributed by atoms with E-state index < -0.39 is 0 Å². The average Bonchev–Trinajstić information content (AvgIpc) is 3.14. The van der Waals surface area contributed by atoms with Gasteiger partial charge in [0.25, 0.3) is 0 Å². The molecule has 2 aromatic heterocycles. The summed E-state index contributed by atoms with van der Waals surface area (Å²) in [5.74, 6) is 0.399. The Morgan fingerprint density at radius 1 is 1.41 bits per heavy atom. The monoisotopic (exact) mass is 302 g/mol. The van der Waals surface area contributed by atoms with Crippen LogP contribution in [-0.4, -0.2) is 63.4 Å². The summed E-state index contributed by atoms with van der Waals surface area (Å²) in [5, 5.41) is 7.03. The quantitative estimate of drug-likeness (QED) is 0.875. The van der Waals surface area contributed by atoms with Gasteiger partial charge in [0.05, 0.1) is 30.2 Å². The average molecular weight is 302 g/mol. The molecular weight excluding hydrogens is 284 g/mol. The Kier molecular flexibility index (Phi) is 4.12. The van der Waals surface area contributed by atoms with Crippen molar-refractivity contribution in [1.82, 2.24) is 24.6 Å². The van der Waals surface area contributed by atoms with Crippen LogP contribution >= 0.6 is 0 Å². The van der Waals surface area contributed by atoms with E-state index in [0.29, 0.717) is 18.1 Å². The van der Waals surface area contributed by atoms with Crippen LogP contribution in [0.3, 0.4) is 0 Å². The number of nitrogens with one attached hydrogen (secondary N) is 1. The van der Waals surface area contributed by atoms with Crippen LogP contribution in [0.5, 0.6) is 0 Å². The molecule has 1 fully saturated rings. The second-order valence-corrected chi connectivity index (χ2v) is 5.26. The number of likely N-dealkylation sites (tertiary alicyclic amines) is 1. The van der Waals surface area contributed by atoms with Crippen molar-refractivity contribution in [3.8, 4) is 5.95 Å². The maximum atomic E-state index is 12.4. The Hall–Kier alpha value is -2.32. The van der Waals surface area contributed by atoms with Crippen LogP contribution in [0.4, 0.5) is 5.69 Å². The van der Waals surface area contributed by atoms with Gasteiger partial charge >= 0.3 is 0 Å². The zero-order valence-corrected chi connectivity index (χ0v) is 12.5. The molecule has 0 aromatic carbocycles. The van der Waals surface area contributed by atoms with Gasteiger partial charge in [-0.15, -0.1) is 0 Å². The van der Waals surface area contributed by atoms with Crippen molar-refractivity contribution in [2.75, 3.05) is 26.0 Å².